The lowest BCUT2D eigenvalue weighted by atomic mass is 10.1. The SMILES string of the molecule is Cc1cc(NC(=O)n2c(-n3ccc(NC(=O)C(C)S(C)(C)I)c3)nc3c(C)cccc32)ccc1N(CCCl)CCCl. The number of hydrogen-bond donors (Lipinski definition) is 2. The smallest absolute Gasteiger partial charge is 0.333 e. The largest absolute Gasteiger partial charge is 0.369 e. The first-order valence-corrected chi connectivity index (χ1v) is 19.2. The first kappa shape index (κ1) is 31.5. The zero-order valence-electron chi connectivity index (χ0n) is 23.7. The van der Waals surface area contributed by atoms with E-state index < -0.39 is 7.20 Å². The maximum absolute atomic E-state index is 13.8. The van der Waals surface area contributed by atoms with Gasteiger partial charge in [-0.1, -0.05) is 12.1 Å². The Labute approximate surface area is 264 Å². The van der Waals surface area contributed by atoms with Gasteiger partial charge in [-0.3, -0.25) is 9.36 Å². The topological polar surface area (TPSA) is 84.2 Å². The molecule has 0 aliphatic heterocycles. The van der Waals surface area contributed by atoms with Crippen molar-refractivity contribution in [2.75, 3.05) is 52.9 Å². The molecule has 2 N–H and O–H groups in total. The maximum Gasteiger partial charge on any atom is 0.333 e. The minimum atomic E-state index is -1.09. The molecule has 1 atom stereocenters. The molecule has 0 saturated carbocycles. The van der Waals surface area contributed by atoms with Gasteiger partial charge in [-0.2, -0.15) is 7.20 Å². The number of carbonyl (C=O) groups is 2. The van der Waals surface area contributed by atoms with E-state index in [1.54, 1.807) is 21.5 Å². The molecule has 2 aromatic heterocycles. The number of imidazole rings is 1. The van der Waals surface area contributed by atoms with Crippen LogP contribution in [0, 0.1) is 13.8 Å². The average Bonchev–Trinajstić information content (AvgIpc) is 3.53. The summed E-state index contributed by atoms with van der Waals surface area (Å²) in [5.74, 6) is 1.37. The molecule has 0 radical (unpaired) electrons. The van der Waals surface area contributed by atoms with Gasteiger partial charge in [0, 0.05) is 48.6 Å². The first-order valence-electron chi connectivity index (χ1n) is 13.1. The van der Waals surface area contributed by atoms with E-state index >= 15 is 0 Å². The number of amides is 2. The van der Waals surface area contributed by atoms with Gasteiger partial charge >= 0.3 is 6.03 Å². The van der Waals surface area contributed by atoms with Crippen LogP contribution in [-0.4, -0.2) is 68.7 Å². The second kappa shape index (κ2) is 13.3. The predicted molar refractivity (Wildman–Crippen MR) is 185 cm³/mol. The summed E-state index contributed by atoms with van der Waals surface area (Å²) in [6.45, 7) is 7.27. The Hall–Kier alpha value is -2.41. The van der Waals surface area contributed by atoms with Crippen molar-refractivity contribution in [3.05, 3.63) is 66.0 Å². The lowest BCUT2D eigenvalue weighted by Crippen LogP contribution is -2.28. The molecule has 4 aromatic rings. The number of aromatic nitrogens is 3. The summed E-state index contributed by atoms with van der Waals surface area (Å²) in [5, 5.41) is 5.93. The Balaban J connectivity index is 1.66. The van der Waals surface area contributed by atoms with E-state index in [1.165, 1.54) is 0 Å². The highest BCUT2D eigenvalue weighted by atomic mass is 127. The Bertz CT molecular complexity index is 1560. The Kier molecular flexibility index (Phi) is 10.2. The molecule has 12 heteroatoms. The maximum atomic E-state index is 13.8. The number of nitrogens with one attached hydrogen (secondary N) is 2. The van der Waals surface area contributed by atoms with Gasteiger partial charge in [0.05, 0.1) is 22.0 Å². The van der Waals surface area contributed by atoms with Crippen LogP contribution < -0.4 is 15.5 Å². The number of carbonyl (C=O) groups excluding carboxylic acids is 2. The van der Waals surface area contributed by atoms with Crippen LogP contribution in [0.1, 0.15) is 18.1 Å². The fraction of sp³-hybridized carbons (Fsp3) is 0.345. The van der Waals surface area contributed by atoms with Crippen molar-refractivity contribution in [1.29, 1.82) is 0 Å². The fourth-order valence-corrected chi connectivity index (χ4v) is 6.19. The normalized spacial score (nSPS) is 12.8. The number of rotatable bonds is 10. The van der Waals surface area contributed by atoms with Crippen LogP contribution in [0.25, 0.3) is 17.0 Å². The van der Waals surface area contributed by atoms with Gasteiger partial charge in [-0.15, -0.1) is 23.2 Å². The number of alkyl halides is 2. The van der Waals surface area contributed by atoms with Gasteiger partial charge in [0.1, 0.15) is 0 Å². The van der Waals surface area contributed by atoms with Crippen molar-refractivity contribution >= 4 is 91.6 Å². The van der Waals surface area contributed by atoms with Crippen LogP contribution in [0.5, 0.6) is 0 Å². The minimum absolute atomic E-state index is 0.0336. The number of halogens is 3. The number of hydrogen-bond acceptors (Lipinski definition) is 4. The molecule has 220 valence electrons. The summed E-state index contributed by atoms with van der Waals surface area (Å²) < 4.78 is 3.32. The van der Waals surface area contributed by atoms with Gasteiger partial charge in [0.2, 0.25) is 11.9 Å². The molecular weight excluding hydrogens is 694 g/mol. The molecule has 2 amide bonds. The molecule has 0 aliphatic carbocycles. The molecule has 0 bridgehead atoms. The first-order chi connectivity index (χ1) is 19.4. The lowest BCUT2D eigenvalue weighted by Gasteiger charge is -2.29. The number of anilines is 3. The summed E-state index contributed by atoms with van der Waals surface area (Å²) in [7, 11) is -1.09. The van der Waals surface area contributed by atoms with Crippen LogP contribution in [-0.2, 0) is 4.79 Å². The second-order valence-electron chi connectivity index (χ2n) is 10.2. The third kappa shape index (κ3) is 7.15. The van der Waals surface area contributed by atoms with Crippen molar-refractivity contribution < 1.29 is 9.59 Å². The van der Waals surface area contributed by atoms with Crippen molar-refractivity contribution in [2.24, 2.45) is 0 Å². The van der Waals surface area contributed by atoms with Crippen LogP contribution in [0.3, 0.4) is 0 Å². The molecule has 1 unspecified atom stereocenters. The zero-order valence-corrected chi connectivity index (χ0v) is 28.2. The second-order valence-corrected chi connectivity index (χ2v) is 21.0. The van der Waals surface area contributed by atoms with E-state index in [2.05, 4.69) is 49.3 Å². The molecule has 4 rings (SSSR count). The highest BCUT2D eigenvalue weighted by molar-refractivity contribution is 14.2. The molecule has 0 spiro atoms. The van der Waals surface area contributed by atoms with Gasteiger partial charge in [-0.05, 0) is 95.9 Å². The van der Waals surface area contributed by atoms with Crippen molar-refractivity contribution in [2.45, 2.75) is 26.0 Å². The molecule has 0 fully saturated rings. The molecule has 2 heterocycles. The van der Waals surface area contributed by atoms with E-state index in [9.17, 15) is 9.59 Å². The van der Waals surface area contributed by atoms with Gasteiger partial charge < -0.3 is 15.5 Å². The molecule has 2 aromatic carbocycles. The average molecular weight is 730 g/mol. The minimum Gasteiger partial charge on any atom is -0.369 e. The standard InChI is InChI=1S/C29H35Cl2IN6O2S/c1-19-7-6-8-25-26(19)35-28(37-14-11-23(18-37)33-27(39)21(3)41(4,5)32)38(25)29(40)34-22-9-10-24(20(2)17-22)36(15-12-30)16-13-31/h6-11,14,17-18,21H,12-13,15-16H2,1-5H3,(H,33,39)(H,34,40). The number of benzene rings is 2. The summed E-state index contributed by atoms with van der Waals surface area (Å²) in [5.41, 5.74) is 5.69. The Morgan fingerprint density at radius 2 is 1.73 bits per heavy atom. The predicted octanol–water partition coefficient (Wildman–Crippen LogP) is 7.55. The van der Waals surface area contributed by atoms with Gasteiger partial charge in [-0.25, -0.2) is 14.3 Å². The third-order valence-electron chi connectivity index (χ3n) is 6.97. The fourth-order valence-electron chi connectivity index (χ4n) is 4.52. The van der Waals surface area contributed by atoms with Gasteiger partial charge in [0.25, 0.3) is 0 Å². The summed E-state index contributed by atoms with van der Waals surface area (Å²) in [6.07, 6.45) is 7.79. The molecule has 0 saturated heterocycles. The quantitative estimate of drug-likeness (QED) is 0.131. The molecular formula is C29H35Cl2IN6O2S. The lowest BCUT2D eigenvalue weighted by molar-refractivity contribution is -0.115. The van der Waals surface area contributed by atoms with E-state index in [1.807, 2.05) is 63.2 Å². The van der Waals surface area contributed by atoms with Crippen LogP contribution in [0.2, 0.25) is 0 Å². The summed E-state index contributed by atoms with van der Waals surface area (Å²) >= 11 is 14.4. The zero-order chi connectivity index (χ0) is 29.9. The molecule has 0 aliphatic rings. The Morgan fingerprint density at radius 3 is 2.37 bits per heavy atom. The third-order valence-corrected chi connectivity index (χ3v) is 11.5. The number of nitrogens with zero attached hydrogens (tertiary/aromatic N) is 4. The van der Waals surface area contributed by atoms with Crippen LogP contribution >= 0.6 is 51.6 Å². The van der Waals surface area contributed by atoms with E-state index in [0.717, 1.165) is 22.3 Å². The number of para-hydroxylation sites is 1. The monoisotopic (exact) mass is 728 g/mol. The summed E-state index contributed by atoms with van der Waals surface area (Å²) in [4.78, 5) is 33.6. The van der Waals surface area contributed by atoms with Crippen LogP contribution in [0.4, 0.5) is 21.9 Å². The Morgan fingerprint density at radius 1 is 1.02 bits per heavy atom. The highest BCUT2D eigenvalue weighted by Crippen LogP contribution is 2.53. The number of aryl methyl sites for hydroxylation is 2. The van der Waals surface area contributed by atoms with Crippen molar-refractivity contribution in [3.63, 3.8) is 0 Å². The van der Waals surface area contributed by atoms with Crippen molar-refractivity contribution in [3.8, 4) is 5.95 Å². The van der Waals surface area contributed by atoms with E-state index in [0.29, 0.717) is 47.7 Å². The van der Waals surface area contributed by atoms with Gasteiger partial charge in [0.15, 0.2) is 0 Å². The molecule has 41 heavy (non-hydrogen) atoms. The van der Waals surface area contributed by atoms with Crippen LogP contribution in [0.15, 0.2) is 54.9 Å². The summed E-state index contributed by atoms with van der Waals surface area (Å²) in [6, 6.07) is 13.0. The number of fused-ring (bicyclic) bond motifs is 1. The van der Waals surface area contributed by atoms with E-state index in [-0.39, 0.29) is 17.2 Å². The highest BCUT2D eigenvalue weighted by Gasteiger charge is 2.25. The van der Waals surface area contributed by atoms with E-state index in [4.69, 9.17) is 28.2 Å². The molecule has 8 nitrogen and oxygen atoms in total. The van der Waals surface area contributed by atoms with Crippen molar-refractivity contribution in [1.82, 2.24) is 14.1 Å².